The minimum atomic E-state index is -0.0715. The summed E-state index contributed by atoms with van der Waals surface area (Å²) in [5.74, 6) is -0.0715. The van der Waals surface area contributed by atoms with Gasteiger partial charge in [-0.15, -0.1) is 0 Å². The molecule has 1 unspecified atom stereocenters. The molecule has 2 rings (SSSR count). The summed E-state index contributed by atoms with van der Waals surface area (Å²) >= 11 is 3.41. The zero-order valence-electron chi connectivity index (χ0n) is 11.4. The normalized spacial score (nSPS) is 11.8. The van der Waals surface area contributed by atoms with Crippen molar-refractivity contribution >= 4 is 33.2 Å². The molecule has 0 saturated carbocycles. The van der Waals surface area contributed by atoms with Crippen LogP contribution in [0.15, 0.2) is 47.2 Å². The summed E-state index contributed by atoms with van der Waals surface area (Å²) in [6.45, 7) is 3.56. The number of amides is 1. The van der Waals surface area contributed by atoms with Crippen LogP contribution in [0.1, 0.15) is 25.5 Å². The molecule has 20 heavy (non-hydrogen) atoms. The van der Waals surface area contributed by atoms with Crippen molar-refractivity contribution in [1.82, 2.24) is 4.98 Å². The maximum Gasteiger partial charge on any atom is 0.221 e. The summed E-state index contributed by atoms with van der Waals surface area (Å²) in [5, 5.41) is 6.17. The van der Waals surface area contributed by atoms with Crippen molar-refractivity contribution in [2.75, 3.05) is 10.6 Å². The summed E-state index contributed by atoms with van der Waals surface area (Å²) in [7, 11) is 0. The quantitative estimate of drug-likeness (QED) is 0.832. The van der Waals surface area contributed by atoms with E-state index in [1.54, 1.807) is 6.20 Å². The van der Waals surface area contributed by atoms with E-state index >= 15 is 0 Å². The van der Waals surface area contributed by atoms with Crippen molar-refractivity contribution in [2.24, 2.45) is 0 Å². The van der Waals surface area contributed by atoms with E-state index in [1.807, 2.05) is 36.4 Å². The van der Waals surface area contributed by atoms with Gasteiger partial charge in [0, 0.05) is 24.8 Å². The third kappa shape index (κ3) is 3.81. The third-order valence-electron chi connectivity index (χ3n) is 2.84. The van der Waals surface area contributed by atoms with Crippen LogP contribution in [0.4, 0.5) is 11.4 Å². The molecule has 1 amide bonds. The topological polar surface area (TPSA) is 54.0 Å². The SMILES string of the molecule is CC(=O)Nc1cccc(C(C)Nc2cccnc2Br)c1. The van der Waals surface area contributed by atoms with E-state index in [4.69, 9.17) is 0 Å². The van der Waals surface area contributed by atoms with Gasteiger partial charge in [0.05, 0.1) is 5.69 Å². The van der Waals surface area contributed by atoms with Gasteiger partial charge in [-0.05, 0) is 52.7 Å². The average molecular weight is 334 g/mol. The fraction of sp³-hybridized carbons (Fsp3) is 0.200. The van der Waals surface area contributed by atoms with E-state index in [0.29, 0.717) is 0 Å². The Morgan fingerprint density at radius 1 is 1.30 bits per heavy atom. The van der Waals surface area contributed by atoms with Crippen molar-refractivity contribution in [3.63, 3.8) is 0 Å². The molecule has 1 heterocycles. The first kappa shape index (κ1) is 14.5. The molecule has 2 N–H and O–H groups in total. The molecule has 1 atom stereocenters. The molecule has 104 valence electrons. The van der Waals surface area contributed by atoms with Gasteiger partial charge >= 0.3 is 0 Å². The Morgan fingerprint density at radius 3 is 2.80 bits per heavy atom. The van der Waals surface area contributed by atoms with Crippen LogP contribution in [-0.4, -0.2) is 10.9 Å². The molecular weight excluding hydrogens is 318 g/mol. The van der Waals surface area contributed by atoms with Crippen LogP contribution >= 0.6 is 15.9 Å². The second-order valence-corrected chi connectivity index (χ2v) is 5.27. The van der Waals surface area contributed by atoms with E-state index in [2.05, 4.69) is 38.5 Å². The summed E-state index contributed by atoms with van der Waals surface area (Å²) in [6, 6.07) is 11.7. The van der Waals surface area contributed by atoms with Gasteiger partial charge in [0.15, 0.2) is 0 Å². The van der Waals surface area contributed by atoms with Gasteiger partial charge in [-0.2, -0.15) is 0 Å². The Morgan fingerprint density at radius 2 is 2.10 bits per heavy atom. The monoisotopic (exact) mass is 333 g/mol. The highest BCUT2D eigenvalue weighted by Crippen LogP contribution is 2.25. The molecule has 0 radical (unpaired) electrons. The molecule has 0 bridgehead atoms. The van der Waals surface area contributed by atoms with Crippen LogP contribution in [0.5, 0.6) is 0 Å². The standard InChI is InChI=1S/C15H16BrN3O/c1-10(18-14-7-4-8-17-15(14)16)12-5-3-6-13(9-12)19-11(2)20/h3-10,18H,1-2H3,(H,19,20). The molecule has 0 saturated heterocycles. The molecule has 1 aromatic heterocycles. The highest BCUT2D eigenvalue weighted by atomic mass is 79.9. The van der Waals surface area contributed by atoms with Crippen LogP contribution in [0.2, 0.25) is 0 Å². The summed E-state index contributed by atoms with van der Waals surface area (Å²) in [5.41, 5.74) is 2.82. The van der Waals surface area contributed by atoms with Crippen LogP contribution in [0.25, 0.3) is 0 Å². The Kier molecular flexibility index (Phi) is 4.74. The Hall–Kier alpha value is -1.88. The zero-order chi connectivity index (χ0) is 14.5. The lowest BCUT2D eigenvalue weighted by molar-refractivity contribution is -0.114. The van der Waals surface area contributed by atoms with Crippen molar-refractivity contribution in [2.45, 2.75) is 19.9 Å². The minimum absolute atomic E-state index is 0.0715. The fourth-order valence-electron chi connectivity index (χ4n) is 1.90. The number of anilines is 2. The highest BCUT2D eigenvalue weighted by Gasteiger charge is 2.08. The number of nitrogens with one attached hydrogen (secondary N) is 2. The maximum absolute atomic E-state index is 11.1. The number of nitrogens with zero attached hydrogens (tertiary/aromatic N) is 1. The van der Waals surface area contributed by atoms with Gasteiger partial charge < -0.3 is 10.6 Å². The van der Waals surface area contributed by atoms with Crippen molar-refractivity contribution in [1.29, 1.82) is 0 Å². The number of carbonyl (C=O) groups is 1. The lowest BCUT2D eigenvalue weighted by atomic mass is 10.1. The Balaban J connectivity index is 2.15. The lowest BCUT2D eigenvalue weighted by Gasteiger charge is -2.17. The number of carbonyl (C=O) groups excluding carboxylic acids is 1. The average Bonchev–Trinajstić information content (AvgIpc) is 2.41. The maximum atomic E-state index is 11.1. The number of hydrogen-bond donors (Lipinski definition) is 2. The Labute approximate surface area is 126 Å². The summed E-state index contributed by atoms with van der Waals surface area (Å²) in [6.07, 6.45) is 1.73. The number of hydrogen-bond acceptors (Lipinski definition) is 3. The number of aromatic nitrogens is 1. The second-order valence-electron chi connectivity index (χ2n) is 4.51. The molecule has 0 spiro atoms. The molecular formula is C15H16BrN3O. The smallest absolute Gasteiger partial charge is 0.221 e. The number of halogens is 1. The van der Waals surface area contributed by atoms with E-state index in [-0.39, 0.29) is 11.9 Å². The van der Waals surface area contributed by atoms with Gasteiger partial charge in [0.2, 0.25) is 5.91 Å². The fourth-order valence-corrected chi connectivity index (χ4v) is 2.26. The van der Waals surface area contributed by atoms with Crippen LogP contribution < -0.4 is 10.6 Å². The first-order valence-corrected chi connectivity index (χ1v) is 7.10. The summed E-state index contributed by atoms with van der Waals surface area (Å²) < 4.78 is 0.782. The minimum Gasteiger partial charge on any atom is -0.376 e. The van der Waals surface area contributed by atoms with Crippen molar-refractivity contribution < 1.29 is 4.79 Å². The predicted molar refractivity (Wildman–Crippen MR) is 84.7 cm³/mol. The van der Waals surface area contributed by atoms with E-state index in [1.165, 1.54) is 6.92 Å². The van der Waals surface area contributed by atoms with E-state index < -0.39 is 0 Å². The molecule has 0 fully saturated rings. The van der Waals surface area contributed by atoms with Gasteiger partial charge in [-0.1, -0.05) is 12.1 Å². The van der Waals surface area contributed by atoms with E-state index in [9.17, 15) is 4.79 Å². The van der Waals surface area contributed by atoms with Gasteiger partial charge in [0.25, 0.3) is 0 Å². The highest BCUT2D eigenvalue weighted by molar-refractivity contribution is 9.10. The first-order chi connectivity index (χ1) is 9.56. The molecule has 0 aliphatic heterocycles. The van der Waals surface area contributed by atoms with E-state index in [0.717, 1.165) is 21.5 Å². The first-order valence-electron chi connectivity index (χ1n) is 6.31. The van der Waals surface area contributed by atoms with Crippen LogP contribution in [0, 0.1) is 0 Å². The molecule has 2 aromatic rings. The zero-order valence-corrected chi connectivity index (χ0v) is 12.9. The van der Waals surface area contributed by atoms with Gasteiger partial charge in [-0.25, -0.2) is 4.98 Å². The van der Waals surface area contributed by atoms with Gasteiger partial charge in [0.1, 0.15) is 4.60 Å². The number of pyridine rings is 1. The predicted octanol–water partition coefficient (Wildman–Crippen LogP) is 3.98. The largest absolute Gasteiger partial charge is 0.376 e. The number of benzene rings is 1. The van der Waals surface area contributed by atoms with Crippen molar-refractivity contribution in [3.05, 3.63) is 52.8 Å². The van der Waals surface area contributed by atoms with Gasteiger partial charge in [-0.3, -0.25) is 4.79 Å². The lowest BCUT2D eigenvalue weighted by Crippen LogP contribution is -2.09. The third-order valence-corrected chi connectivity index (χ3v) is 3.47. The molecule has 1 aromatic carbocycles. The van der Waals surface area contributed by atoms with Crippen LogP contribution in [0.3, 0.4) is 0 Å². The number of rotatable bonds is 4. The molecule has 0 aliphatic rings. The molecule has 0 aliphatic carbocycles. The second kappa shape index (κ2) is 6.52. The van der Waals surface area contributed by atoms with Crippen LogP contribution in [-0.2, 0) is 4.79 Å². The molecule has 5 heteroatoms. The molecule has 4 nitrogen and oxygen atoms in total. The summed E-state index contributed by atoms with van der Waals surface area (Å²) in [4.78, 5) is 15.3. The van der Waals surface area contributed by atoms with Crippen molar-refractivity contribution in [3.8, 4) is 0 Å². The Bertz CT molecular complexity index is 616.